The van der Waals surface area contributed by atoms with Gasteiger partial charge in [-0.1, -0.05) is 6.07 Å². The number of hydrogen-bond donors (Lipinski definition) is 2. The molecule has 0 saturated carbocycles. The largest absolute Gasteiger partial charge is 0.494 e. The van der Waals surface area contributed by atoms with E-state index in [4.69, 9.17) is 10.5 Å². The zero-order chi connectivity index (χ0) is 13.7. The predicted octanol–water partition coefficient (Wildman–Crippen LogP) is 1.41. The van der Waals surface area contributed by atoms with E-state index in [0.717, 1.165) is 12.2 Å². The van der Waals surface area contributed by atoms with E-state index in [1.807, 2.05) is 6.07 Å². The van der Waals surface area contributed by atoms with E-state index in [1.54, 1.807) is 7.05 Å². The first-order chi connectivity index (χ1) is 9.20. The van der Waals surface area contributed by atoms with Crippen molar-refractivity contribution < 1.29 is 9.53 Å². The molecule has 0 bridgehead atoms. The van der Waals surface area contributed by atoms with Crippen LogP contribution in [0.25, 0.3) is 0 Å². The first kappa shape index (κ1) is 13.9. The number of rotatable bonds is 6. The minimum atomic E-state index is -0.337. The number of hydrogen-bond acceptors (Lipinski definition) is 3. The number of nitrogens with two attached hydrogens (primary N) is 1. The summed E-state index contributed by atoms with van der Waals surface area (Å²) in [6, 6.07) is 5.99. The SMILES string of the molecule is CNC(CCOc1ccc2c(c1)CCCC2)C(N)=O. The fraction of sp³-hybridized carbons (Fsp3) is 0.533. The molecule has 4 nitrogen and oxygen atoms in total. The molecule has 1 atom stereocenters. The average Bonchev–Trinajstić information content (AvgIpc) is 2.43. The van der Waals surface area contributed by atoms with Gasteiger partial charge in [-0.2, -0.15) is 0 Å². The van der Waals surface area contributed by atoms with Crippen LogP contribution in [0.4, 0.5) is 0 Å². The lowest BCUT2D eigenvalue weighted by atomic mass is 9.92. The molecule has 0 saturated heterocycles. The lowest BCUT2D eigenvalue weighted by Gasteiger charge is -2.17. The molecule has 2 rings (SSSR count). The summed E-state index contributed by atoms with van der Waals surface area (Å²) in [7, 11) is 1.73. The fourth-order valence-corrected chi connectivity index (χ4v) is 2.52. The Morgan fingerprint density at radius 2 is 2.11 bits per heavy atom. The summed E-state index contributed by atoms with van der Waals surface area (Å²) in [5.41, 5.74) is 8.12. The summed E-state index contributed by atoms with van der Waals surface area (Å²) >= 11 is 0. The number of carbonyl (C=O) groups excluding carboxylic acids is 1. The third-order valence-electron chi connectivity index (χ3n) is 3.69. The molecule has 0 aliphatic heterocycles. The van der Waals surface area contributed by atoms with Crippen LogP contribution in [-0.2, 0) is 17.6 Å². The molecule has 1 aromatic rings. The predicted molar refractivity (Wildman–Crippen MR) is 75.2 cm³/mol. The molecule has 0 heterocycles. The maximum absolute atomic E-state index is 11.1. The first-order valence-electron chi connectivity index (χ1n) is 6.92. The Morgan fingerprint density at radius 1 is 1.37 bits per heavy atom. The smallest absolute Gasteiger partial charge is 0.234 e. The number of fused-ring (bicyclic) bond motifs is 1. The third-order valence-corrected chi connectivity index (χ3v) is 3.69. The fourth-order valence-electron chi connectivity index (χ4n) is 2.52. The van der Waals surface area contributed by atoms with Gasteiger partial charge in [0.25, 0.3) is 0 Å². The minimum absolute atomic E-state index is 0.322. The second-order valence-corrected chi connectivity index (χ2v) is 5.02. The van der Waals surface area contributed by atoms with Crippen molar-refractivity contribution in [3.8, 4) is 5.75 Å². The van der Waals surface area contributed by atoms with E-state index in [0.29, 0.717) is 13.0 Å². The Bertz CT molecular complexity index is 446. The van der Waals surface area contributed by atoms with Gasteiger partial charge < -0.3 is 15.8 Å². The second-order valence-electron chi connectivity index (χ2n) is 5.02. The van der Waals surface area contributed by atoms with Gasteiger partial charge >= 0.3 is 0 Å². The second kappa shape index (κ2) is 6.57. The van der Waals surface area contributed by atoms with Gasteiger partial charge in [0.05, 0.1) is 12.6 Å². The average molecular weight is 262 g/mol. The molecule has 3 N–H and O–H groups in total. The van der Waals surface area contributed by atoms with Crippen molar-refractivity contribution in [1.29, 1.82) is 0 Å². The third kappa shape index (κ3) is 3.70. The van der Waals surface area contributed by atoms with E-state index in [9.17, 15) is 4.79 Å². The van der Waals surface area contributed by atoms with Crippen LogP contribution in [0, 0.1) is 0 Å². The van der Waals surface area contributed by atoms with Crippen molar-refractivity contribution in [1.82, 2.24) is 5.32 Å². The number of amides is 1. The number of primary amides is 1. The van der Waals surface area contributed by atoms with Crippen LogP contribution < -0.4 is 15.8 Å². The molecule has 0 spiro atoms. The molecule has 1 aliphatic carbocycles. The molecule has 1 aliphatic rings. The van der Waals surface area contributed by atoms with Crippen molar-refractivity contribution in [3.05, 3.63) is 29.3 Å². The van der Waals surface area contributed by atoms with Crippen molar-refractivity contribution >= 4 is 5.91 Å². The minimum Gasteiger partial charge on any atom is -0.494 e. The Balaban J connectivity index is 1.88. The monoisotopic (exact) mass is 262 g/mol. The quantitative estimate of drug-likeness (QED) is 0.814. The first-order valence-corrected chi connectivity index (χ1v) is 6.92. The summed E-state index contributed by atoms with van der Waals surface area (Å²) in [5, 5.41) is 2.88. The Hall–Kier alpha value is -1.55. The maximum Gasteiger partial charge on any atom is 0.234 e. The Kier molecular flexibility index (Phi) is 4.80. The molecular weight excluding hydrogens is 240 g/mol. The van der Waals surface area contributed by atoms with E-state index < -0.39 is 0 Å². The van der Waals surface area contributed by atoms with Gasteiger partial charge in [-0.25, -0.2) is 0 Å². The molecule has 19 heavy (non-hydrogen) atoms. The molecule has 0 radical (unpaired) electrons. The highest BCUT2D eigenvalue weighted by molar-refractivity contribution is 5.79. The number of benzene rings is 1. The molecular formula is C15H22N2O2. The number of aryl methyl sites for hydroxylation is 2. The summed E-state index contributed by atoms with van der Waals surface area (Å²) in [6.07, 6.45) is 5.46. The van der Waals surface area contributed by atoms with Crippen LogP contribution >= 0.6 is 0 Å². The molecule has 104 valence electrons. The lowest BCUT2D eigenvalue weighted by Crippen LogP contribution is -2.40. The van der Waals surface area contributed by atoms with Gasteiger partial charge in [0.15, 0.2) is 0 Å². The topological polar surface area (TPSA) is 64.3 Å². The maximum atomic E-state index is 11.1. The molecule has 1 aromatic carbocycles. The van der Waals surface area contributed by atoms with Gasteiger partial charge in [0.2, 0.25) is 5.91 Å². The highest BCUT2D eigenvalue weighted by Crippen LogP contribution is 2.25. The number of carbonyl (C=O) groups is 1. The van der Waals surface area contributed by atoms with Gasteiger partial charge in [-0.15, -0.1) is 0 Å². The van der Waals surface area contributed by atoms with E-state index in [-0.39, 0.29) is 11.9 Å². The lowest BCUT2D eigenvalue weighted by molar-refractivity contribution is -0.120. The molecule has 1 amide bonds. The van der Waals surface area contributed by atoms with Gasteiger partial charge in [0, 0.05) is 6.42 Å². The van der Waals surface area contributed by atoms with Crippen molar-refractivity contribution in [2.75, 3.05) is 13.7 Å². The van der Waals surface area contributed by atoms with E-state index >= 15 is 0 Å². The zero-order valence-corrected chi connectivity index (χ0v) is 11.4. The number of ether oxygens (including phenoxy) is 1. The molecule has 0 fully saturated rings. The van der Waals surface area contributed by atoms with Crippen molar-refractivity contribution in [2.24, 2.45) is 5.73 Å². The van der Waals surface area contributed by atoms with Gasteiger partial charge in [-0.3, -0.25) is 4.79 Å². The molecule has 1 unspecified atom stereocenters. The molecule has 0 aromatic heterocycles. The summed E-state index contributed by atoms with van der Waals surface area (Å²) in [6.45, 7) is 0.493. The summed E-state index contributed by atoms with van der Waals surface area (Å²) in [4.78, 5) is 11.1. The Morgan fingerprint density at radius 3 is 2.79 bits per heavy atom. The summed E-state index contributed by atoms with van der Waals surface area (Å²) in [5.74, 6) is 0.552. The van der Waals surface area contributed by atoms with E-state index in [2.05, 4.69) is 17.4 Å². The normalized spacial score (nSPS) is 15.6. The van der Waals surface area contributed by atoms with Gasteiger partial charge in [-0.05, 0) is 56.0 Å². The van der Waals surface area contributed by atoms with Crippen LogP contribution in [0.15, 0.2) is 18.2 Å². The van der Waals surface area contributed by atoms with Crippen LogP contribution in [0.2, 0.25) is 0 Å². The summed E-state index contributed by atoms with van der Waals surface area (Å²) < 4.78 is 5.71. The van der Waals surface area contributed by atoms with Gasteiger partial charge in [0.1, 0.15) is 5.75 Å². The van der Waals surface area contributed by atoms with Crippen LogP contribution in [0.1, 0.15) is 30.4 Å². The van der Waals surface area contributed by atoms with Crippen LogP contribution in [0.5, 0.6) is 5.75 Å². The van der Waals surface area contributed by atoms with Crippen molar-refractivity contribution in [2.45, 2.75) is 38.1 Å². The number of likely N-dealkylation sites (N-methyl/N-ethyl adjacent to an activating group) is 1. The van der Waals surface area contributed by atoms with E-state index in [1.165, 1.54) is 30.4 Å². The zero-order valence-electron chi connectivity index (χ0n) is 11.4. The number of nitrogens with one attached hydrogen (secondary N) is 1. The van der Waals surface area contributed by atoms with Crippen molar-refractivity contribution in [3.63, 3.8) is 0 Å². The van der Waals surface area contributed by atoms with Crippen LogP contribution in [0.3, 0.4) is 0 Å². The molecule has 4 heteroatoms. The Labute approximate surface area is 114 Å². The highest BCUT2D eigenvalue weighted by atomic mass is 16.5. The highest BCUT2D eigenvalue weighted by Gasteiger charge is 2.13. The van der Waals surface area contributed by atoms with Crippen LogP contribution in [-0.4, -0.2) is 25.6 Å². The standard InChI is InChI=1S/C15H22N2O2/c1-17-14(15(16)18)8-9-19-13-7-6-11-4-2-3-5-12(11)10-13/h6-7,10,14,17H,2-5,8-9H2,1H3,(H2,16,18).